The van der Waals surface area contributed by atoms with E-state index >= 15 is 0 Å². The second-order valence-electron chi connectivity index (χ2n) is 6.00. The van der Waals surface area contributed by atoms with Crippen molar-refractivity contribution in [2.75, 3.05) is 6.61 Å². The highest BCUT2D eigenvalue weighted by molar-refractivity contribution is 6.32. The lowest BCUT2D eigenvalue weighted by Gasteiger charge is -2.07. The number of nitrogens with zero attached hydrogens (tertiary/aromatic N) is 1. The van der Waals surface area contributed by atoms with Gasteiger partial charge in [0.25, 0.3) is 5.91 Å². The molecule has 0 aliphatic heterocycles. The summed E-state index contributed by atoms with van der Waals surface area (Å²) in [5.74, 6) is 0.792. The van der Waals surface area contributed by atoms with Crippen LogP contribution in [0.3, 0.4) is 0 Å². The molecule has 0 aliphatic carbocycles. The highest BCUT2D eigenvalue weighted by atomic mass is 35.5. The molecule has 0 saturated carbocycles. The number of para-hydroxylation sites is 1. The van der Waals surface area contributed by atoms with Crippen molar-refractivity contribution in [1.82, 2.24) is 5.43 Å². The van der Waals surface area contributed by atoms with Gasteiger partial charge in [-0.15, -0.1) is 0 Å². The molecule has 0 radical (unpaired) electrons. The predicted octanol–water partition coefficient (Wildman–Crippen LogP) is 5.10. The molecule has 0 bridgehead atoms. The first-order chi connectivity index (χ1) is 14.1. The zero-order valence-corrected chi connectivity index (χ0v) is 16.9. The van der Waals surface area contributed by atoms with Crippen LogP contribution in [0.5, 0.6) is 11.5 Å². The zero-order chi connectivity index (χ0) is 20.5. The van der Waals surface area contributed by atoms with Gasteiger partial charge in [-0.2, -0.15) is 5.10 Å². The van der Waals surface area contributed by atoms with Crippen LogP contribution < -0.4 is 14.9 Å². The number of nitrogens with one attached hydrogen (secondary N) is 1. The number of hydrogen-bond donors (Lipinski definition) is 1. The maximum absolute atomic E-state index is 11.8. The molecule has 3 rings (SSSR count). The second kappa shape index (κ2) is 10.5. The molecule has 0 saturated heterocycles. The van der Waals surface area contributed by atoms with E-state index < -0.39 is 0 Å². The van der Waals surface area contributed by atoms with Crippen molar-refractivity contribution in [2.45, 2.75) is 6.61 Å². The topological polar surface area (TPSA) is 59.9 Å². The van der Waals surface area contributed by atoms with Crippen molar-refractivity contribution in [3.05, 3.63) is 94.0 Å². The quantitative estimate of drug-likeness (QED) is 0.400. The molecule has 5 nitrogen and oxygen atoms in total. The molecule has 148 valence electrons. The van der Waals surface area contributed by atoms with Crippen LogP contribution in [0.2, 0.25) is 10.0 Å². The molecule has 0 atom stereocenters. The van der Waals surface area contributed by atoms with E-state index in [9.17, 15) is 4.79 Å². The smallest absolute Gasteiger partial charge is 0.277 e. The molecule has 1 amide bonds. The average Bonchev–Trinajstić information content (AvgIpc) is 2.74. The summed E-state index contributed by atoms with van der Waals surface area (Å²) in [7, 11) is 0. The van der Waals surface area contributed by atoms with Crippen LogP contribution in [0.4, 0.5) is 0 Å². The zero-order valence-electron chi connectivity index (χ0n) is 15.3. The summed E-state index contributed by atoms with van der Waals surface area (Å²) >= 11 is 11.8. The Bertz CT molecular complexity index is 974. The molecular formula is C22H18Cl2N2O3. The van der Waals surface area contributed by atoms with Crippen molar-refractivity contribution in [2.24, 2.45) is 5.10 Å². The first kappa shape index (κ1) is 20.7. The minimum Gasteiger partial charge on any atom is -0.489 e. The summed E-state index contributed by atoms with van der Waals surface area (Å²) in [6.45, 7) is 0.268. The Morgan fingerprint density at radius 1 is 0.931 bits per heavy atom. The number of carbonyl (C=O) groups excluding carboxylic acids is 1. The fourth-order valence-electron chi connectivity index (χ4n) is 2.31. The summed E-state index contributed by atoms with van der Waals surface area (Å²) in [4.78, 5) is 11.8. The molecule has 3 aromatic carbocycles. The summed E-state index contributed by atoms with van der Waals surface area (Å²) < 4.78 is 11.1. The third-order valence-electron chi connectivity index (χ3n) is 3.80. The molecule has 0 heterocycles. The number of ether oxygens (including phenoxy) is 2. The summed E-state index contributed by atoms with van der Waals surface area (Å²) in [5, 5.41) is 5.06. The monoisotopic (exact) mass is 428 g/mol. The number of hydrazone groups is 1. The van der Waals surface area contributed by atoms with E-state index in [1.54, 1.807) is 24.3 Å². The number of amides is 1. The summed E-state index contributed by atoms with van der Waals surface area (Å²) in [6, 6.07) is 21.8. The predicted molar refractivity (Wildman–Crippen MR) is 115 cm³/mol. The molecule has 3 aromatic rings. The maximum atomic E-state index is 11.8. The standard InChI is InChI=1S/C22H18Cl2N2O3/c23-18-9-5-17(6-10-18)14-28-19-11-7-16(8-12-19)13-25-26-22(27)15-29-21-4-2-1-3-20(21)24/h1-13H,14-15H2,(H,26,27). The molecule has 0 spiro atoms. The van der Waals surface area contributed by atoms with E-state index in [1.807, 2.05) is 48.5 Å². The number of halogens is 2. The minimum absolute atomic E-state index is 0.182. The van der Waals surface area contributed by atoms with Gasteiger partial charge in [0, 0.05) is 5.02 Å². The fraction of sp³-hybridized carbons (Fsp3) is 0.0909. The van der Waals surface area contributed by atoms with Gasteiger partial charge in [0.15, 0.2) is 6.61 Å². The summed E-state index contributed by atoms with van der Waals surface area (Å²) in [5.41, 5.74) is 4.25. The van der Waals surface area contributed by atoms with Crippen molar-refractivity contribution in [3.63, 3.8) is 0 Å². The number of benzene rings is 3. The van der Waals surface area contributed by atoms with Crippen molar-refractivity contribution >= 4 is 35.3 Å². The van der Waals surface area contributed by atoms with E-state index in [1.165, 1.54) is 6.21 Å². The van der Waals surface area contributed by atoms with Gasteiger partial charge < -0.3 is 9.47 Å². The Balaban J connectivity index is 1.42. The van der Waals surface area contributed by atoms with Gasteiger partial charge in [-0.05, 0) is 59.7 Å². The van der Waals surface area contributed by atoms with Crippen LogP contribution in [0, 0.1) is 0 Å². The Labute approximate surface area is 178 Å². The van der Waals surface area contributed by atoms with Crippen molar-refractivity contribution in [3.8, 4) is 11.5 Å². The van der Waals surface area contributed by atoms with E-state index in [0.717, 1.165) is 16.9 Å². The largest absolute Gasteiger partial charge is 0.489 e. The Kier molecular flexibility index (Phi) is 7.50. The minimum atomic E-state index is -0.385. The molecule has 0 unspecified atom stereocenters. The molecule has 0 aromatic heterocycles. The first-order valence-corrected chi connectivity index (χ1v) is 9.52. The van der Waals surface area contributed by atoms with Crippen LogP contribution >= 0.6 is 23.2 Å². The lowest BCUT2D eigenvalue weighted by molar-refractivity contribution is -0.123. The van der Waals surface area contributed by atoms with Gasteiger partial charge in [0.2, 0.25) is 0 Å². The third kappa shape index (κ3) is 6.82. The van der Waals surface area contributed by atoms with Gasteiger partial charge >= 0.3 is 0 Å². The van der Waals surface area contributed by atoms with E-state index in [4.69, 9.17) is 32.7 Å². The Morgan fingerprint density at radius 2 is 1.66 bits per heavy atom. The van der Waals surface area contributed by atoms with Gasteiger partial charge in [0.1, 0.15) is 18.1 Å². The van der Waals surface area contributed by atoms with E-state index in [2.05, 4.69) is 10.5 Å². The molecule has 1 N–H and O–H groups in total. The summed E-state index contributed by atoms with van der Waals surface area (Å²) in [6.07, 6.45) is 1.54. The SMILES string of the molecule is O=C(COc1ccccc1Cl)NN=Cc1ccc(OCc2ccc(Cl)cc2)cc1. The van der Waals surface area contributed by atoms with Crippen LogP contribution in [-0.4, -0.2) is 18.7 Å². The van der Waals surface area contributed by atoms with Crippen molar-refractivity contribution in [1.29, 1.82) is 0 Å². The van der Waals surface area contributed by atoms with Crippen LogP contribution in [0.25, 0.3) is 0 Å². The lowest BCUT2D eigenvalue weighted by Crippen LogP contribution is -2.24. The Morgan fingerprint density at radius 3 is 2.38 bits per heavy atom. The van der Waals surface area contributed by atoms with Crippen molar-refractivity contribution < 1.29 is 14.3 Å². The second-order valence-corrected chi connectivity index (χ2v) is 6.84. The lowest BCUT2D eigenvalue weighted by atomic mass is 10.2. The van der Waals surface area contributed by atoms with Crippen LogP contribution in [-0.2, 0) is 11.4 Å². The first-order valence-electron chi connectivity index (χ1n) is 8.77. The number of hydrogen-bond acceptors (Lipinski definition) is 4. The molecule has 0 fully saturated rings. The Hall–Kier alpha value is -3.02. The van der Waals surface area contributed by atoms with Gasteiger partial charge in [-0.25, -0.2) is 5.43 Å². The molecule has 29 heavy (non-hydrogen) atoms. The van der Waals surface area contributed by atoms with Gasteiger partial charge in [-0.1, -0.05) is 47.5 Å². The fourth-order valence-corrected chi connectivity index (χ4v) is 2.63. The normalized spacial score (nSPS) is 10.7. The molecule has 0 aliphatic rings. The average molecular weight is 429 g/mol. The van der Waals surface area contributed by atoms with E-state index in [-0.39, 0.29) is 12.5 Å². The maximum Gasteiger partial charge on any atom is 0.277 e. The van der Waals surface area contributed by atoms with Gasteiger partial charge in [-0.3, -0.25) is 4.79 Å². The van der Waals surface area contributed by atoms with Crippen LogP contribution in [0.15, 0.2) is 77.9 Å². The van der Waals surface area contributed by atoms with Gasteiger partial charge in [0.05, 0.1) is 11.2 Å². The molecular weight excluding hydrogens is 411 g/mol. The third-order valence-corrected chi connectivity index (χ3v) is 4.36. The number of carbonyl (C=O) groups is 1. The van der Waals surface area contributed by atoms with E-state index in [0.29, 0.717) is 22.4 Å². The molecule has 7 heteroatoms. The number of rotatable bonds is 8. The highest BCUT2D eigenvalue weighted by Crippen LogP contribution is 2.22. The highest BCUT2D eigenvalue weighted by Gasteiger charge is 2.04. The van der Waals surface area contributed by atoms with Crippen LogP contribution in [0.1, 0.15) is 11.1 Å².